The second-order valence-electron chi connectivity index (χ2n) is 10.9. The van der Waals surface area contributed by atoms with Crippen molar-refractivity contribution in [2.75, 3.05) is 13.2 Å². The van der Waals surface area contributed by atoms with Gasteiger partial charge in [0, 0.05) is 12.8 Å². The van der Waals surface area contributed by atoms with Crippen LogP contribution in [-0.2, 0) is 19.1 Å². The molecule has 31 heavy (non-hydrogen) atoms. The Morgan fingerprint density at radius 1 is 0.677 bits per heavy atom. The van der Waals surface area contributed by atoms with Crippen LogP contribution >= 0.6 is 0 Å². The van der Waals surface area contributed by atoms with Crippen LogP contribution in [-0.4, -0.2) is 25.2 Å². The number of hydrogen-bond donors (Lipinski definition) is 0. The highest BCUT2D eigenvalue weighted by molar-refractivity contribution is 5.70. The summed E-state index contributed by atoms with van der Waals surface area (Å²) < 4.78 is 10.9. The van der Waals surface area contributed by atoms with Gasteiger partial charge in [0.15, 0.2) is 0 Å². The van der Waals surface area contributed by atoms with Crippen molar-refractivity contribution in [1.29, 1.82) is 0 Å². The molecule has 4 aliphatic rings. The smallest absolute Gasteiger partial charge is 0.305 e. The van der Waals surface area contributed by atoms with Crippen LogP contribution in [0.3, 0.4) is 0 Å². The minimum Gasteiger partial charge on any atom is -0.466 e. The van der Waals surface area contributed by atoms with Gasteiger partial charge in [0.05, 0.1) is 13.2 Å². The van der Waals surface area contributed by atoms with Gasteiger partial charge in [-0.1, -0.05) is 45.4 Å². The van der Waals surface area contributed by atoms with Crippen molar-refractivity contribution in [3.63, 3.8) is 0 Å². The maximum atomic E-state index is 12.1. The van der Waals surface area contributed by atoms with Crippen LogP contribution < -0.4 is 0 Å². The summed E-state index contributed by atoms with van der Waals surface area (Å²) in [4.78, 5) is 23.9. The molecular weight excluding hydrogens is 388 g/mol. The molecule has 0 saturated heterocycles. The zero-order valence-electron chi connectivity index (χ0n) is 20.0. The summed E-state index contributed by atoms with van der Waals surface area (Å²) in [7, 11) is 0. The Balaban J connectivity index is 1.14. The van der Waals surface area contributed by atoms with E-state index in [-0.39, 0.29) is 11.9 Å². The first-order valence-electron chi connectivity index (χ1n) is 13.4. The van der Waals surface area contributed by atoms with Crippen LogP contribution in [0.15, 0.2) is 0 Å². The molecule has 0 aromatic rings. The van der Waals surface area contributed by atoms with Crippen LogP contribution in [0.4, 0.5) is 0 Å². The second-order valence-corrected chi connectivity index (χ2v) is 10.9. The zero-order chi connectivity index (χ0) is 21.9. The van der Waals surface area contributed by atoms with E-state index in [1.807, 2.05) is 0 Å². The molecule has 4 rings (SSSR count). The molecule has 0 amide bonds. The molecule has 4 aliphatic carbocycles. The summed E-state index contributed by atoms with van der Waals surface area (Å²) in [5.74, 6) is 2.63. The Kier molecular flexibility index (Phi) is 10.2. The normalized spacial score (nSPS) is 28.6. The maximum Gasteiger partial charge on any atom is 0.305 e. The Morgan fingerprint density at radius 2 is 1.16 bits per heavy atom. The zero-order valence-corrected chi connectivity index (χ0v) is 20.0. The average Bonchev–Trinajstić information content (AvgIpc) is 2.72. The number of rotatable bonds is 16. The molecular formula is C27H46O4. The first-order valence-corrected chi connectivity index (χ1v) is 13.4. The molecule has 0 atom stereocenters. The fraction of sp³-hybridized carbons (Fsp3) is 0.926. The van der Waals surface area contributed by atoms with Gasteiger partial charge in [-0.2, -0.15) is 0 Å². The summed E-state index contributed by atoms with van der Waals surface area (Å²) in [6, 6.07) is 0. The summed E-state index contributed by atoms with van der Waals surface area (Å²) in [5.41, 5.74) is 0.480. The van der Waals surface area contributed by atoms with Gasteiger partial charge in [-0.15, -0.1) is 0 Å². The summed E-state index contributed by atoms with van der Waals surface area (Å²) in [6.45, 7) is 3.36. The van der Waals surface area contributed by atoms with E-state index in [2.05, 4.69) is 6.92 Å². The van der Waals surface area contributed by atoms with Crippen molar-refractivity contribution in [2.24, 2.45) is 23.2 Å². The van der Waals surface area contributed by atoms with Crippen molar-refractivity contribution < 1.29 is 19.1 Å². The van der Waals surface area contributed by atoms with E-state index in [1.54, 1.807) is 0 Å². The van der Waals surface area contributed by atoms with Crippen LogP contribution in [0.2, 0.25) is 0 Å². The predicted molar refractivity (Wildman–Crippen MR) is 124 cm³/mol. The fourth-order valence-electron chi connectivity index (χ4n) is 6.91. The van der Waals surface area contributed by atoms with E-state index in [1.165, 1.54) is 70.6 Å². The highest BCUT2D eigenvalue weighted by Crippen LogP contribution is 2.61. The quantitative estimate of drug-likeness (QED) is 0.194. The lowest BCUT2D eigenvalue weighted by Gasteiger charge is -2.57. The van der Waals surface area contributed by atoms with Gasteiger partial charge in [0.2, 0.25) is 0 Å². The standard InChI is InChI=1S/C27H46O4/c1-2-3-4-5-6-7-10-14-30-25(28)11-8-9-12-26(29)31-15-13-27-19-22-16-23(20-27)18-24(17-22)21-27/h22-24H,2-21H2,1H3. The fourth-order valence-corrected chi connectivity index (χ4v) is 6.91. The molecule has 4 nitrogen and oxygen atoms in total. The first-order chi connectivity index (χ1) is 15.1. The van der Waals surface area contributed by atoms with E-state index < -0.39 is 0 Å². The Morgan fingerprint density at radius 3 is 1.71 bits per heavy atom. The number of hydrogen-bond acceptors (Lipinski definition) is 4. The molecule has 0 spiro atoms. The molecule has 0 radical (unpaired) electrons. The third-order valence-corrected chi connectivity index (χ3v) is 8.08. The number of unbranched alkanes of at least 4 members (excludes halogenated alkanes) is 7. The second kappa shape index (κ2) is 12.8. The molecule has 4 heteroatoms. The molecule has 0 aromatic heterocycles. The number of esters is 2. The van der Waals surface area contributed by atoms with Crippen LogP contribution in [0.5, 0.6) is 0 Å². The van der Waals surface area contributed by atoms with Gasteiger partial charge in [-0.25, -0.2) is 0 Å². The van der Waals surface area contributed by atoms with E-state index in [9.17, 15) is 9.59 Å². The van der Waals surface area contributed by atoms with Gasteiger partial charge in [-0.3, -0.25) is 9.59 Å². The predicted octanol–water partition coefficient (Wildman–Crippen LogP) is 6.99. The molecule has 0 N–H and O–H groups in total. The lowest BCUT2D eigenvalue weighted by molar-refractivity contribution is -0.147. The molecule has 0 unspecified atom stereocenters. The number of carbonyl (C=O) groups excluding carboxylic acids is 2. The monoisotopic (exact) mass is 434 g/mol. The van der Waals surface area contributed by atoms with Gasteiger partial charge in [0.25, 0.3) is 0 Å². The molecule has 4 fully saturated rings. The van der Waals surface area contributed by atoms with Gasteiger partial charge >= 0.3 is 11.9 Å². The van der Waals surface area contributed by atoms with Gasteiger partial charge in [-0.05, 0) is 87.4 Å². The van der Waals surface area contributed by atoms with E-state index in [0.29, 0.717) is 44.3 Å². The third-order valence-electron chi connectivity index (χ3n) is 8.08. The molecule has 0 heterocycles. The highest BCUT2D eigenvalue weighted by Gasteiger charge is 2.50. The maximum absolute atomic E-state index is 12.1. The first kappa shape index (κ1) is 24.6. The number of carbonyl (C=O) groups is 2. The molecule has 178 valence electrons. The number of ether oxygens (including phenoxy) is 2. The largest absolute Gasteiger partial charge is 0.466 e. The lowest BCUT2D eigenvalue weighted by atomic mass is 9.49. The van der Waals surface area contributed by atoms with Crippen LogP contribution in [0.25, 0.3) is 0 Å². The summed E-state index contributed by atoms with van der Waals surface area (Å²) in [6.07, 6.45) is 20.4. The Bertz CT molecular complexity index is 520. The van der Waals surface area contributed by atoms with Crippen molar-refractivity contribution >= 4 is 11.9 Å². The summed E-state index contributed by atoms with van der Waals surface area (Å²) >= 11 is 0. The molecule has 0 aliphatic heterocycles. The SMILES string of the molecule is CCCCCCCCCOC(=O)CCCCC(=O)OCCC12CC3CC(CC(C3)C1)C2. The topological polar surface area (TPSA) is 52.6 Å². The van der Waals surface area contributed by atoms with Crippen LogP contribution in [0, 0.1) is 23.2 Å². The van der Waals surface area contributed by atoms with E-state index in [0.717, 1.165) is 37.0 Å². The van der Waals surface area contributed by atoms with Crippen molar-refractivity contribution in [3.8, 4) is 0 Å². The molecule has 4 bridgehead atoms. The highest BCUT2D eigenvalue weighted by atomic mass is 16.5. The third kappa shape index (κ3) is 8.42. The minimum absolute atomic E-state index is 0.0961. The van der Waals surface area contributed by atoms with E-state index >= 15 is 0 Å². The summed E-state index contributed by atoms with van der Waals surface area (Å²) in [5, 5.41) is 0. The Labute approximate surface area is 190 Å². The minimum atomic E-state index is -0.124. The van der Waals surface area contributed by atoms with Gasteiger partial charge < -0.3 is 9.47 Å². The molecule has 0 aromatic carbocycles. The Hall–Kier alpha value is -1.06. The van der Waals surface area contributed by atoms with E-state index in [4.69, 9.17) is 9.47 Å². The van der Waals surface area contributed by atoms with Crippen LogP contribution in [0.1, 0.15) is 122 Å². The van der Waals surface area contributed by atoms with Crippen molar-refractivity contribution in [2.45, 2.75) is 122 Å². The van der Waals surface area contributed by atoms with Gasteiger partial charge in [0.1, 0.15) is 0 Å². The van der Waals surface area contributed by atoms with Crippen molar-refractivity contribution in [3.05, 3.63) is 0 Å². The lowest BCUT2D eigenvalue weighted by Crippen LogP contribution is -2.46. The average molecular weight is 435 g/mol. The van der Waals surface area contributed by atoms with Crippen molar-refractivity contribution in [1.82, 2.24) is 0 Å². The molecule has 4 saturated carbocycles.